The van der Waals surface area contributed by atoms with E-state index in [2.05, 4.69) is 24.3 Å². The molecular weight excluding hydrogens is 262 g/mol. The van der Waals surface area contributed by atoms with Gasteiger partial charge < -0.3 is 5.32 Å². The normalized spacial score (nSPS) is 11.8. The third-order valence-corrected chi connectivity index (χ3v) is 3.83. The number of aromatic nitrogens is 2. The molecule has 0 fully saturated rings. The predicted molar refractivity (Wildman–Crippen MR) is 75.4 cm³/mol. The molecule has 0 aliphatic rings. The Balaban J connectivity index is 2.15. The Morgan fingerprint density at radius 3 is 2.26 bits per heavy atom. The van der Waals surface area contributed by atoms with Crippen molar-refractivity contribution in [3.05, 3.63) is 36.7 Å². The van der Waals surface area contributed by atoms with Crippen molar-refractivity contribution in [2.75, 3.05) is 11.6 Å². The van der Waals surface area contributed by atoms with Crippen LogP contribution in [-0.2, 0) is 9.84 Å². The van der Waals surface area contributed by atoms with E-state index >= 15 is 0 Å². The van der Waals surface area contributed by atoms with E-state index in [0.717, 1.165) is 11.4 Å². The fourth-order valence-corrected chi connectivity index (χ4v) is 2.27. The van der Waals surface area contributed by atoms with E-state index in [9.17, 15) is 8.42 Å². The Bertz CT molecular complexity index is 657. The van der Waals surface area contributed by atoms with Gasteiger partial charge in [-0.25, -0.2) is 8.42 Å². The Morgan fingerprint density at radius 1 is 1.16 bits per heavy atom. The van der Waals surface area contributed by atoms with Gasteiger partial charge in [0.25, 0.3) is 0 Å². The molecule has 0 amide bonds. The standard InChI is InChI=1S/C13H17N3O2S/c1-10(2)16-9-12(8-14-16)15-11-4-6-13(7-5-11)19(3,17)18/h4-10,15H,1-3H3. The molecular formula is C13H17N3O2S. The summed E-state index contributed by atoms with van der Waals surface area (Å²) < 4.78 is 24.5. The van der Waals surface area contributed by atoms with Crippen molar-refractivity contribution >= 4 is 21.2 Å². The fraction of sp³-hybridized carbons (Fsp3) is 0.308. The summed E-state index contributed by atoms with van der Waals surface area (Å²) in [7, 11) is -3.14. The fourth-order valence-electron chi connectivity index (χ4n) is 1.64. The molecule has 2 rings (SSSR count). The van der Waals surface area contributed by atoms with Gasteiger partial charge in [0, 0.05) is 24.2 Å². The quantitative estimate of drug-likeness (QED) is 0.934. The maximum atomic E-state index is 11.3. The van der Waals surface area contributed by atoms with Crippen LogP contribution in [0.15, 0.2) is 41.6 Å². The number of nitrogens with one attached hydrogen (secondary N) is 1. The van der Waals surface area contributed by atoms with Gasteiger partial charge in [0.05, 0.1) is 16.8 Å². The van der Waals surface area contributed by atoms with E-state index in [1.165, 1.54) is 6.26 Å². The maximum absolute atomic E-state index is 11.3. The Labute approximate surface area is 113 Å². The summed E-state index contributed by atoms with van der Waals surface area (Å²) in [6.45, 7) is 4.11. The number of hydrogen-bond acceptors (Lipinski definition) is 4. The second-order valence-electron chi connectivity index (χ2n) is 4.72. The van der Waals surface area contributed by atoms with Gasteiger partial charge in [0.1, 0.15) is 0 Å². The largest absolute Gasteiger partial charge is 0.353 e. The molecule has 5 nitrogen and oxygen atoms in total. The molecule has 0 radical (unpaired) electrons. The third kappa shape index (κ3) is 3.35. The van der Waals surface area contributed by atoms with E-state index in [1.807, 2.05) is 10.9 Å². The first-order chi connectivity index (χ1) is 8.86. The van der Waals surface area contributed by atoms with Crippen LogP contribution in [0.4, 0.5) is 11.4 Å². The zero-order valence-corrected chi connectivity index (χ0v) is 12.0. The molecule has 0 saturated carbocycles. The van der Waals surface area contributed by atoms with Crippen molar-refractivity contribution in [2.24, 2.45) is 0 Å². The molecule has 1 heterocycles. The summed E-state index contributed by atoms with van der Waals surface area (Å²) in [5.74, 6) is 0. The van der Waals surface area contributed by atoms with Gasteiger partial charge in [-0.15, -0.1) is 0 Å². The zero-order chi connectivity index (χ0) is 14.0. The first-order valence-corrected chi connectivity index (χ1v) is 7.87. The predicted octanol–water partition coefficient (Wildman–Crippen LogP) is 2.61. The minimum absolute atomic E-state index is 0.308. The van der Waals surface area contributed by atoms with Crippen molar-refractivity contribution in [2.45, 2.75) is 24.8 Å². The first-order valence-electron chi connectivity index (χ1n) is 5.97. The van der Waals surface area contributed by atoms with Gasteiger partial charge in [-0.05, 0) is 38.1 Å². The molecule has 102 valence electrons. The van der Waals surface area contributed by atoms with Crippen LogP contribution in [0, 0.1) is 0 Å². The van der Waals surface area contributed by atoms with Gasteiger partial charge in [-0.1, -0.05) is 0 Å². The molecule has 1 N–H and O–H groups in total. The third-order valence-electron chi connectivity index (χ3n) is 2.70. The summed E-state index contributed by atoms with van der Waals surface area (Å²) in [5, 5.41) is 7.41. The van der Waals surface area contributed by atoms with Gasteiger partial charge >= 0.3 is 0 Å². The molecule has 0 atom stereocenters. The molecule has 0 aliphatic heterocycles. The summed E-state index contributed by atoms with van der Waals surface area (Å²) in [6, 6.07) is 6.96. The van der Waals surface area contributed by atoms with E-state index < -0.39 is 9.84 Å². The van der Waals surface area contributed by atoms with E-state index in [-0.39, 0.29) is 0 Å². The number of nitrogens with zero attached hydrogens (tertiary/aromatic N) is 2. The lowest BCUT2D eigenvalue weighted by Crippen LogP contribution is -2.00. The average Bonchev–Trinajstić information content (AvgIpc) is 2.77. The van der Waals surface area contributed by atoms with Gasteiger partial charge in [0.2, 0.25) is 0 Å². The van der Waals surface area contributed by atoms with Crippen molar-refractivity contribution < 1.29 is 8.42 Å². The molecule has 0 bridgehead atoms. The molecule has 0 saturated heterocycles. The number of benzene rings is 1. The monoisotopic (exact) mass is 279 g/mol. The van der Waals surface area contributed by atoms with Crippen molar-refractivity contribution in [1.29, 1.82) is 0 Å². The van der Waals surface area contributed by atoms with E-state index in [1.54, 1.807) is 30.5 Å². The Morgan fingerprint density at radius 2 is 1.79 bits per heavy atom. The summed E-state index contributed by atoms with van der Waals surface area (Å²) >= 11 is 0. The summed E-state index contributed by atoms with van der Waals surface area (Å²) in [5.41, 5.74) is 1.71. The van der Waals surface area contributed by atoms with Crippen LogP contribution in [0.5, 0.6) is 0 Å². The van der Waals surface area contributed by atoms with Gasteiger partial charge in [0.15, 0.2) is 9.84 Å². The summed E-state index contributed by atoms with van der Waals surface area (Å²) in [4.78, 5) is 0.316. The number of anilines is 2. The number of sulfone groups is 1. The smallest absolute Gasteiger partial charge is 0.175 e. The SMILES string of the molecule is CC(C)n1cc(Nc2ccc(S(C)(=O)=O)cc2)cn1. The van der Waals surface area contributed by atoms with Crippen LogP contribution in [0.25, 0.3) is 0 Å². The second-order valence-corrected chi connectivity index (χ2v) is 6.74. The topological polar surface area (TPSA) is 64.0 Å². The molecule has 0 unspecified atom stereocenters. The lowest BCUT2D eigenvalue weighted by Gasteiger charge is -2.05. The molecule has 1 aromatic heterocycles. The lowest BCUT2D eigenvalue weighted by molar-refractivity contribution is 0.532. The highest BCUT2D eigenvalue weighted by Gasteiger charge is 2.06. The average molecular weight is 279 g/mol. The molecule has 1 aromatic carbocycles. The van der Waals surface area contributed by atoms with E-state index in [4.69, 9.17) is 0 Å². The zero-order valence-electron chi connectivity index (χ0n) is 11.2. The van der Waals surface area contributed by atoms with Crippen molar-refractivity contribution in [1.82, 2.24) is 9.78 Å². The summed E-state index contributed by atoms with van der Waals surface area (Å²) in [6.07, 6.45) is 4.85. The van der Waals surface area contributed by atoms with Crippen molar-refractivity contribution in [3.8, 4) is 0 Å². The van der Waals surface area contributed by atoms with Crippen LogP contribution < -0.4 is 5.32 Å². The highest BCUT2D eigenvalue weighted by atomic mass is 32.2. The number of hydrogen-bond donors (Lipinski definition) is 1. The number of rotatable bonds is 4. The van der Waals surface area contributed by atoms with Gasteiger partial charge in [-0.3, -0.25) is 4.68 Å². The van der Waals surface area contributed by atoms with Crippen LogP contribution >= 0.6 is 0 Å². The van der Waals surface area contributed by atoms with Gasteiger partial charge in [-0.2, -0.15) is 5.10 Å². The van der Waals surface area contributed by atoms with E-state index in [0.29, 0.717) is 10.9 Å². The molecule has 0 spiro atoms. The molecule has 2 aromatic rings. The molecule has 19 heavy (non-hydrogen) atoms. The maximum Gasteiger partial charge on any atom is 0.175 e. The second kappa shape index (κ2) is 5.05. The van der Waals surface area contributed by atoms with Crippen LogP contribution in [-0.4, -0.2) is 24.5 Å². The minimum Gasteiger partial charge on any atom is -0.353 e. The molecule has 6 heteroatoms. The highest BCUT2D eigenvalue weighted by Crippen LogP contribution is 2.19. The Hall–Kier alpha value is -1.82. The van der Waals surface area contributed by atoms with Crippen LogP contribution in [0.1, 0.15) is 19.9 Å². The lowest BCUT2D eigenvalue weighted by atomic mass is 10.3. The highest BCUT2D eigenvalue weighted by molar-refractivity contribution is 7.90. The molecule has 0 aliphatic carbocycles. The Kier molecular flexibility index (Phi) is 3.61. The van der Waals surface area contributed by atoms with Crippen LogP contribution in [0.2, 0.25) is 0 Å². The minimum atomic E-state index is -3.14. The van der Waals surface area contributed by atoms with Crippen LogP contribution in [0.3, 0.4) is 0 Å². The first kappa shape index (κ1) is 13.6. The van der Waals surface area contributed by atoms with Crippen molar-refractivity contribution in [3.63, 3.8) is 0 Å².